The summed E-state index contributed by atoms with van der Waals surface area (Å²) in [5, 5.41) is 3.24. The van der Waals surface area contributed by atoms with Gasteiger partial charge in [0, 0.05) is 35.9 Å². The Morgan fingerprint density at radius 1 is 1.21 bits per heavy atom. The van der Waals surface area contributed by atoms with Crippen LogP contribution >= 0.6 is 0 Å². The number of halogens is 1. The number of aryl methyl sites for hydroxylation is 1. The molecule has 158 valence electrons. The van der Waals surface area contributed by atoms with Crippen LogP contribution in [-0.4, -0.2) is 41.6 Å². The van der Waals surface area contributed by atoms with E-state index in [1.165, 1.54) is 17.8 Å². The molecule has 2 heterocycles. The first kappa shape index (κ1) is 21.6. The van der Waals surface area contributed by atoms with Crippen molar-refractivity contribution in [2.24, 2.45) is 0 Å². The zero-order chi connectivity index (χ0) is 21.3. The van der Waals surface area contributed by atoms with Crippen molar-refractivity contribution in [1.29, 1.82) is 0 Å². The predicted octanol–water partition coefficient (Wildman–Crippen LogP) is 4.22. The Hall–Kier alpha value is -2.14. The van der Waals surface area contributed by atoms with Gasteiger partial charge in [-0.2, -0.15) is 0 Å². The van der Waals surface area contributed by atoms with E-state index in [9.17, 15) is 9.18 Å². The Labute approximate surface area is 174 Å². The Morgan fingerprint density at radius 2 is 1.86 bits per heavy atom. The van der Waals surface area contributed by atoms with Crippen molar-refractivity contribution in [3.63, 3.8) is 0 Å². The number of nitrogens with one attached hydrogen (secondary N) is 1. The van der Waals surface area contributed by atoms with Gasteiger partial charge < -0.3 is 14.8 Å². The molecule has 1 aromatic heterocycles. The molecule has 0 unspecified atom stereocenters. The van der Waals surface area contributed by atoms with Crippen molar-refractivity contribution in [3.05, 3.63) is 58.2 Å². The van der Waals surface area contributed by atoms with Crippen LogP contribution in [0.2, 0.25) is 0 Å². The molecule has 0 aliphatic carbocycles. The van der Waals surface area contributed by atoms with Gasteiger partial charge >= 0.3 is 0 Å². The molecule has 0 radical (unpaired) electrons. The van der Waals surface area contributed by atoms with Crippen molar-refractivity contribution in [2.75, 3.05) is 20.1 Å². The Balaban J connectivity index is 1.89. The summed E-state index contributed by atoms with van der Waals surface area (Å²) in [6, 6.07) is 6.90. The van der Waals surface area contributed by atoms with Gasteiger partial charge in [-0.3, -0.25) is 4.79 Å². The van der Waals surface area contributed by atoms with E-state index in [0.29, 0.717) is 0 Å². The molecule has 2 aromatic rings. The number of rotatable bonds is 5. The molecule has 5 heteroatoms. The van der Waals surface area contributed by atoms with Gasteiger partial charge in [0.15, 0.2) is 0 Å². The normalized spacial score (nSPS) is 17.7. The van der Waals surface area contributed by atoms with Crippen molar-refractivity contribution in [1.82, 2.24) is 14.8 Å². The molecule has 1 saturated heterocycles. The number of carbonyl (C=O) groups excluding carboxylic acids is 1. The lowest BCUT2D eigenvalue weighted by Crippen LogP contribution is -2.37. The fourth-order valence-electron chi connectivity index (χ4n) is 4.68. The molecule has 1 atom stereocenters. The summed E-state index contributed by atoms with van der Waals surface area (Å²) in [5.41, 5.74) is 5.10. The van der Waals surface area contributed by atoms with E-state index in [1.54, 1.807) is 0 Å². The molecule has 0 saturated carbocycles. The van der Waals surface area contributed by atoms with Gasteiger partial charge in [0.05, 0.1) is 5.56 Å². The van der Waals surface area contributed by atoms with Crippen molar-refractivity contribution >= 4 is 5.91 Å². The number of hydrogen-bond donors (Lipinski definition) is 1. The minimum absolute atomic E-state index is 0.0336. The van der Waals surface area contributed by atoms with Gasteiger partial charge in [-0.05, 0) is 63.5 Å². The summed E-state index contributed by atoms with van der Waals surface area (Å²) >= 11 is 0. The van der Waals surface area contributed by atoms with E-state index < -0.39 is 0 Å². The zero-order valence-electron chi connectivity index (χ0n) is 18.6. The Kier molecular flexibility index (Phi) is 6.18. The van der Waals surface area contributed by atoms with Gasteiger partial charge in [0.25, 0.3) is 5.91 Å². The number of aromatic nitrogens is 1. The predicted molar refractivity (Wildman–Crippen MR) is 116 cm³/mol. The molecule has 1 aliphatic rings. The molecule has 3 rings (SSSR count). The highest BCUT2D eigenvalue weighted by Gasteiger charge is 2.30. The number of amides is 1. The summed E-state index contributed by atoms with van der Waals surface area (Å²) < 4.78 is 15.5. The van der Waals surface area contributed by atoms with Gasteiger partial charge in [-0.1, -0.05) is 32.9 Å². The zero-order valence-corrected chi connectivity index (χ0v) is 18.6. The number of likely N-dealkylation sites (tertiary alicyclic amines) is 1. The van der Waals surface area contributed by atoms with Gasteiger partial charge in [0.2, 0.25) is 0 Å². The average Bonchev–Trinajstić information content (AvgIpc) is 3.14. The van der Waals surface area contributed by atoms with E-state index in [1.807, 2.05) is 19.1 Å². The van der Waals surface area contributed by atoms with Crippen LogP contribution in [0.15, 0.2) is 24.3 Å². The average molecular weight is 400 g/mol. The fraction of sp³-hybridized carbons (Fsp3) is 0.542. The third-order valence-electron chi connectivity index (χ3n) is 5.97. The van der Waals surface area contributed by atoms with Gasteiger partial charge in [-0.15, -0.1) is 0 Å². The van der Waals surface area contributed by atoms with Crippen LogP contribution in [0.25, 0.3) is 0 Å². The van der Waals surface area contributed by atoms with Crippen LogP contribution in [-0.2, 0) is 18.4 Å². The molecule has 0 bridgehead atoms. The number of carbonyl (C=O) groups is 1. The van der Waals surface area contributed by atoms with Crippen LogP contribution in [0.4, 0.5) is 4.39 Å². The molecule has 1 fully saturated rings. The van der Waals surface area contributed by atoms with Crippen LogP contribution in [0.1, 0.15) is 60.1 Å². The van der Waals surface area contributed by atoms with E-state index in [-0.39, 0.29) is 23.2 Å². The molecule has 1 aromatic carbocycles. The highest BCUT2D eigenvalue weighted by Crippen LogP contribution is 2.32. The summed E-state index contributed by atoms with van der Waals surface area (Å²) in [5.74, 6) is -0.181. The third-order valence-corrected chi connectivity index (χ3v) is 5.97. The lowest BCUT2D eigenvalue weighted by molar-refractivity contribution is 0.0937. The van der Waals surface area contributed by atoms with Crippen molar-refractivity contribution < 1.29 is 9.18 Å². The van der Waals surface area contributed by atoms with Crippen LogP contribution in [0.5, 0.6) is 0 Å². The van der Waals surface area contributed by atoms with Crippen molar-refractivity contribution in [3.8, 4) is 0 Å². The van der Waals surface area contributed by atoms with E-state index in [0.717, 1.165) is 54.9 Å². The van der Waals surface area contributed by atoms with Gasteiger partial charge in [-0.25, -0.2) is 4.39 Å². The van der Waals surface area contributed by atoms with Crippen LogP contribution < -0.4 is 5.32 Å². The topological polar surface area (TPSA) is 37.3 Å². The quantitative estimate of drug-likeness (QED) is 0.817. The minimum Gasteiger partial charge on any atom is -0.348 e. The molecule has 29 heavy (non-hydrogen) atoms. The SMILES string of the molecule is Cc1c(C(=O)N[C@H]2CCN(C)C2)c(C)n(CCc2ccc(F)cc2)c1C(C)(C)C. The Morgan fingerprint density at radius 3 is 2.41 bits per heavy atom. The summed E-state index contributed by atoms with van der Waals surface area (Å²) in [6.07, 6.45) is 1.80. The maximum atomic E-state index is 13.2. The minimum atomic E-state index is -0.214. The highest BCUT2D eigenvalue weighted by molar-refractivity contribution is 5.97. The molecule has 4 nitrogen and oxygen atoms in total. The fourth-order valence-corrected chi connectivity index (χ4v) is 4.68. The second-order valence-corrected chi connectivity index (χ2v) is 9.43. The number of nitrogens with zero attached hydrogens (tertiary/aromatic N) is 2. The van der Waals surface area contributed by atoms with E-state index >= 15 is 0 Å². The monoisotopic (exact) mass is 399 g/mol. The standard InChI is InChI=1S/C24H34FN3O/c1-16-21(23(29)26-20-12-13-27(6)15-20)17(2)28(22(16)24(3,4)5)14-11-18-7-9-19(25)10-8-18/h7-10,20H,11-15H2,1-6H3,(H,26,29)/t20-/m0/s1. The van der Waals surface area contributed by atoms with Crippen LogP contribution in [0.3, 0.4) is 0 Å². The first-order valence-electron chi connectivity index (χ1n) is 10.5. The maximum absolute atomic E-state index is 13.2. The van der Waals surface area contributed by atoms with Crippen LogP contribution in [0, 0.1) is 19.7 Å². The first-order chi connectivity index (χ1) is 13.6. The highest BCUT2D eigenvalue weighted by atomic mass is 19.1. The number of likely N-dealkylation sites (N-methyl/N-ethyl adjacent to an activating group) is 1. The number of benzene rings is 1. The summed E-state index contributed by atoms with van der Waals surface area (Å²) in [4.78, 5) is 15.4. The second-order valence-electron chi connectivity index (χ2n) is 9.43. The molecular weight excluding hydrogens is 365 g/mol. The lowest BCUT2D eigenvalue weighted by atomic mass is 9.88. The van der Waals surface area contributed by atoms with E-state index in [2.05, 4.69) is 49.5 Å². The smallest absolute Gasteiger partial charge is 0.253 e. The first-order valence-corrected chi connectivity index (χ1v) is 10.5. The van der Waals surface area contributed by atoms with E-state index in [4.69, 9.17) is 0 Å². The molecule has 1 aliphatic heterocycles. The lowest BCUT2D eigenvalue weighted by Gasteiger charge is -2.24. The molecule has 0 spiro atoms. The maximum Gasteiger partial charge on any atom is 0.253 e. The van der Waals surface area contributed by atoms with Gasteiger partial charge in [0.1, 0.15) is 5.82 Å². The largest absolute Gasteiger partial charge is 0.348 e. The Bertz CT molecular complexity index is 877. The van der Waals surface area contributed by atoms with Crippen molar-refractivity contribution in [2.45, 2.75) is 65.5 Å². The molecular formula is C24H34FN3O. The second kappa shape index (κ2) is 8.31. The third kappa shape index (κ3) is 4.72. The number of hydrogen-bond acceptors (Lipinski definition) is 2. The summed E-state index contributed by atoms with van der Waals surface area (Å²) in [7, 11) is 2.09. The summed E-state index contributed by atoms with van der Waals surface area (Å²) in [6.45, 7) is 13.4. The molecule has 1 amide bonds. The molecule has 1 N–H and O–H groups in total.